The molecule has 0 heterocycles. The van der Waals surface area contributed by atoms with Gasteiger partial charge in [-0.25, -0.2) is 9.59 Å². The lowest BCUT2D eigenvalue weighted by Crippen LogP contribution is -2.40. The first-order chi connectivity index (χ1) is 9.56. The molecule has 0 spiro atoms. The largest absolute Gasteiger partial charge is 0.479 e. The molecule has 1 aromatic carbocycles. The predicted octanol–water partition coefficient (Wildman–Crippen LogP) is 1.70. The van der Waals surface area contributed by atoms with Crippen LogP contribution >= 0.6 is 0 Å². The van der Waals surface area contributed by atoms with E-state index >= 15 is 0 Å². The first-order valence-electron chi connectivity index (χ1n) is 6.45. The Kier molecular flexibility index (Phi) is 6.52. The van der Waals surface area contributed by atoms with Crippen LogP contribution in [0.25, 0.3) is 0 Å². The van der Waals surface area contributed by atoms with Crippen LogP contribution in [0, 0.1) is 0 Å². The van der Waals surface area contributed by atoms with Crippen LogP contribution in [0.15, 0.2) is 30.3 Å². The Hall–Kier alpha value is -2.08. The van der Waals surface area contributed by atoms with Crippen molar-refractivity contribution in [1.82, 2.24) is 5.32 Å². The predicted molar refractivity (Wildman–Crippen MR) is 72.2 cm³/mol. The van der Waals surface area contributed by atoms with E-state index in [0.29, 0.717) is 5.56 Å². The van der Waals surface area contributed by atoms with Crippen molar-refractivity contribution >= 4 is 12.1 Å². The summed E-state index contributed by atoms with van der Waals surface area (Å²) in [6.45, 7) is 2.22. The van der Waals surface area contributed by atoms with Crippen LogP contribution < -0.4 is 5.32 Å². The molecule has 110 valence electrons. The molecule has 1 aromatic rings. The molecule has 0 saturated carbocycles. The third-order valence-corrected chi connectivity index (χ3v) is 2.73. The van der Waals surface area contributed by atoms with E-state index in [1.165, 1.54) is 0 Å². The third-order valence-electron chi connectivity index (χ3n) is 2.73. The smallest absolute Gasteiger partial charge is 0.407 e. The van der Waals surface area contributed by atoms with Gasteiger partial charge in [-0.15, -0.1) is 0 Å². The molecule has 6 heteroatoms. The molecular formula is C14H19NO5. The molecule has 0 bridgehead atoms. The van der Waals surface area contributed by atoms with Gasteiger partial charge in [0.05, 0.1) is 12.6 Å². The van der Waals surface area contributed by atoms with Gasteiger partial charge in [0.2, 0.25) is 0 Å². The second-order valence-corrected chi connectivity index (χ2v) is 4.31. The maximum Gasteiger partial charge on any atom is 0.407 e. The number of alkyl carbamates (subject to hydrolysis) is 1. The second kappa shape index (κ2) is 8.16. The van der Waals surface area contributed by atoms with Crippen molar-refractivity contribution in [2.24, 2.45) is 0 Å². The van der Waals surface area contributed by atoms with E-state index in [4.69, 9.17) is 9.84 Å². The fourth-order valence-corrected chi connectivity index (χ4v) is 1.63. The standard InChI is InChI=1S/C14H19NO5/c1-2-3-9-20-14(19)15-11(12(16)13(17)18)10-7-5-4-6-8-10/h4-8,11-12,16H,2-3,9H2,1H3,(H,15,19)(H,17,18). The van der Waals surface area contributed by atoms with Crippen molar-refractivity contribution in [3.05, 3.63) is 35.9 Å². The van der Waals surface area contributed by atoms with Crippen LogP contribution in [0.5, 0.6) is 0 Å². The zero-order chi connectivity index (χ0) is 15.0. The number of carboxylic acids is 1. The third kappa shape index (κ3) is 4.89. The van der Waals surface area contributed by atoms with Gasteiger partial charge in [-0.1, -0.05) is 43.7 Å². The van der Waals surface area contributed by atoms with E-state index in [1.54, 1.807) is 30.3 Å². The SMILES string of the molecule is CCCCOC(=O)NC(c1ccccc1)C(O)C(=O)O. The van der Waals surface area contributed by atoms with Gasteiger partial charge >= 0.3 is 12.1 Å². The average molecular weight is 281 g/mol. The highest BCUT2D eigenvalue weighted by Gasteiger charge is 2.29. The molecule has 0 aliphatic carbocycles. The quantitative estimate of drug-likeness (QED) is 0.661. The van der Waals surface area contributed by atoms with Gasteiger partial charge in [-0.2, -0.15) is 0 Å². The highest BCUT2D eigenvalue weighted by molar-refractivity contribution is 5.75. The maximum absolute atomic E-state index is 11.6. The summed E-state index contributed by atoms with van der Waals surface area (Å²) in [4.78, 5) is 22.5. The summed E-state index contributed by atoms with van der Waals surface area (Å²) in [6.07, 6.45) is -0.873. The molecule has 20 heavy (non-hydrogen) atoms. The van der Waals surface area contributed by atoms with Crippen LogP contribution in [-0.2, 0) is 9.53 Å². The van der Waals surface area contributed by atoms with Gasteiger partial charge < -0.3 is 20.3 Å². The van der Waals surface area contributed by atoms with Gasteiger partial charge in [0.15, 0.2) is 6.10 Å². The molecule has 0 saturated heterocycles. The monoisotopic (exact) mass is 281 g/mol. The number of aliphatic carboxylic acids is 1. The summed E-state index contributed by atoms with van der Waals surface area (Å²) >= 11 is 0. The number of aliphatic hydroxyl groups is 1. The van der Waals surface area contributed by atoms with Gasteiger partial charge in [-0.05, 0) is 12.0 Å². The summed E-state index contributed by atoms with van der Waals surface area (Å²) in [5, 5.41) is 21.0. The lowest BCUT2D eigenvalue weighted by atomic mass is 10.0. The summed E-state index contributed by atoms with van der Waals surface area (Å²) in [7, 11) is 0. The lowest BCUT2D eigenvalue weighted by Gasteiger charge is -2.21. The number of carboxylic acid groups (broad SMARTS) is 1. The Morgan fingerprint density at radius 2 is 1.95 bits per heavy atom. The fourth-order valence-electron chi connectivity index (χ4n) is 1.63. The van der Waals surface area contributed by atoms with E-state index in [9.17, 15) is 14.7 Å². The van der Waals surface area contributed by atoms with E-state index in [-0.39, 0.29) is 6.61 Å². The molecule has 0 radical (unpaired) electrons. The van der Waals surface area contributed by atoms with E-state index in [1.807, 2.05) is 6.92 Å². The van der Waals surface area contributed by atoms with E-state index in [2.05, 4.69) is 5.32 Å². The van der Waals surface area contributed by atoms with Crippen LogP contribution in [0.2, 0.25) is 0 Å². The molecule has 0 aliphatic heterocycles. The maximum atomic E-state index is 11.6. The average Bonchev–Trinajstić information content (AvgIpc) is 2.45. The molecule has 2 atom stereocenters. The molecule has 0 aliphatic rings. The zero-order valence-electron chi connectivity index (χ0n) is 11.3. The number of ether oxygens (including phenoxy) is 1. The number of amides is 1. The molecule has 3 N–H and O–H groups in total. The number of aliphatic hydroxyl groups excluding tert-OH is 1. The van der Waals surface area contributed by atoms with Crippen molar-refractivity contribution in [2.75, 3.05) is 6.61 Å². The number of hydrogen-bond acceptors (Lipinski definition) is 4. The minimum atomic E-state index is -1.74. The van der Waals surface area contributed by atoms with Crippen LogP contribution in [-0.4, -0.2) is 35.0 Å². The number of benzene rings is 1. The second-order valence-electron chi connectivity index (χ2n) is 4.31. The Balaban J connectivity index is 2.74. The number of carbonyl (C=O) groups is 2. The first kappa shape index (κ1) is 16.0. The number of rotatable bonds is 7. The highest BCUT2D eigenvalue weighted by atomic mass is 16.5. The Labute approximate surface area is 117 Å². The van der Waals surface area contributed by atoms with Crippen molar-refractivity contribution in [3.8, 4) is 0 Å². The first-order valence-corrected chi connectivity index (χ1v) is 6.45. The number of unbranched alkanes of at least 4 members (excludes halogenated alkanes) is 1. The molecule has 1 amide bonds. The van der Waals surface area contributed by atoms with Crippen molar-refractivity contribution < 1.29 is 24.5 Å². The Bertz CT molecular complexity index is 434. The van der Waals surface area contributed by atoms with Gasteiger partial charge in [0.1, 0.15) is 0 Å². The van der Waals surface area contributed by atoms with Crippen molar-refractivity contribution in [3.63, 3.8) is 0 Å². The van der Waals surface area contributed by atoms with Crippen molar-refractivity contribution in [1.29, 1.82) is 0 Å². The van der Waals surface area contributed by atoms with Crippen LogP contribution in [0.3, 0.4) is 0 Å². The van der Waals surface area contributed by atoms with Crippen LogP contribution in [0.1, 0.15) is 31.4 Å². The lowest BCUT2D eigenvalue weighted by molar-refractivity contribution is -0.148. The van der Waals surface area contributed by atoms with E-state index in [0.717, 1.165) is 12.8 Å². The highest BCUT2D eigenvalue weighted by Crippen LogP contribution is 2.17. The number of carbonyl (C=O) groups excluding carboxylic acids is 1. The topological polar surface area (TPSA) is 95.9 Å². The molecule has 0 aromatic heterocycles. The molecule has 2 unspecified atom stereocenters. The summed E-state index contributed by atoms with van der Waals surface area (Å²) in [5.41, 5.74) is 0.495. The normalized spacial score (nSPS) is 13.3. The van der Waals surface area contributed by atoms with Crippen molar-refractivity contribution in [2.45, 2.75) is 31.9 Å². The van der Waals surface area contributed by atoms with E-state index < -0.39 is 24.2 Å². The zero-order valence-corrected chi connectivity index (χ0v) is 11.3. The number of hydrogen-bond donors (Lipinski definition) is 3. The molecule has 1 rings (SSSR count). The van der Waals surface area contributed by atoms with Crippen LogP contribution in [0.4, 0.5) is 4.79 Å². The minimum absolute atomic E-state index is 0.257. The Morgan fingerprint density at radius 3 is 2.50 bits per heavy atom. The Morgan fingerprint density at radius 1 is 1.30 bits per heavy atom. The number of nitrogens with one attached hydrogen (secondary N) is 1. The van der Waals surface area contributed by atoms with Gasteiger partial charge in [0, 0.05) is 0 Å². The molecular weight excluding hydrogens is 262 g/mol. The van der Waals surface area contributed by atoms with Gasteiger partial charge in [0.25, 0.3) is 0 Å². The van der Waals surface area contributed by atoms with Gasteiger partial charge in [-0.3, -0.25) is 0 Å². The fraction of sp³-hybridized carbons (Fsp3) is 0.429. The molecule has 6 nitrogen and oxygen atoms in total. The minimum Gasteiger partial charge on any atom is -0.479 e. The summed E-state index contributed by atoms with van der Waals surface area (Å²) in [6, 6.07) is 7.35. The summed E-state index contributed by atoms with van der Waals surface area (Å²) in [5.74, 6) is -1.41. The molecule has 0 fully saturated rings. The summed E-state index contributed by atoms with van der Waals surface area (Å²) < 4.78 is 4.91.